The molecular weight excluding hydrogens is 511 g/mol. The van der Waals surface area contributed by atoms with E-state index in [1.807, 2.05) is 0 Å². The number of halogens is 3. The maximum absolute atomic E-state index is 13.8. The number of sulfone groups is 1. The molecule has 0 radical (unpaired) electrons. The van der Waals surface area contributed by atoms with Gasteiger partial charge in [-0.05, 0) is 92.0 Å². The van der Waals surface area contributed by atoms with E-state index in [4.69, 9.17) is 4.74 Å². The number of carbonyl (C=O) groups excluding carboxylic acids is 1. The summed E-state index contributed by atoms with van der Waals surface area (Å²) >= 11 is 0. The second-order valence-corrected chi connectivity index (χ2v) is 11.0. The van der Waals surface area contributed by atoms with E-state index in [-0.39, 0.29) is 41.8 Å². The lowest BCUT2D eigenvalue weighted by molar-refractivity contribution is -0.137. The smallest absolute Gasteiger partial charge is 0.416 e. The molecule has 2 heterocycles. The van der Waals surface area contributed by atoms with Crippen molar-refractivity contribution in [2.24, 2.45) is 0 Å². The molecule has 3 aromatic rings. The summed E-state index contributed by atoms with van der Waals surface area (Å²) < 4.78 is 69.4. The summed E-state index contributed by atoms with van der Waals surface area (Å²) in [7, 11) is -4.28. The van der Waals surface area contributed by atoms with Crippen molar-refractivity contribution < 1.29 is 36.3 Å². The Kier molecular flexibility index (Phi) is 7.53. The number of pyridine rings is 1. The predicted octanol–water partition coefficient (Wildman–Crippen LogP) is 3.91. The van der Waals surface area contributed by atoms with Crippen molar-refractivity contribution in [1.82, 2.24) is 15.8 Å². The highest BCUT2D eigenvalue weighted by molar-refractivity contribution is 7.93. The number of rotatable bonds is 7. The van der Waals surface area contributed by atoms with Gasteiger partial charge in [-0.15, -0.1) is 0 Å². The molecule has 8 nitrogen and oxygen atoms in total. The Bertz CT molecular complexity index is 1330. The van der Waals surface area contributed by atoms with Gasteiger partial charge >= 0.3 is 6.18 Å². The average Bonchev–Trinajstić information content (AvgIpc) is 2.89. The number of ether oxygens (including phenoxy) is 1. The van der Waals surface area contributed by atoms with Crippen LogP contribution in [0.5, 0.6) is 11.5 Å². The highest BCUT2D eigenvalue weighted by Gasteiger charge is 2.53. The van der Waals surface area contributed by atoms with E-state index in [1.54, 1.807) is 24.5 Å². The number of hydrogen-bond donors (Lipinski definition) is 3. The molecule has 0 saturated carbocycles. The molecule has 2 unspecified atom stereocenters. The van der Waals surface area contributed by atoms with Crippen LogP contribution in [0.4, 0.5) is 13.2 Å². The third-order valence-corrected chi connectivity index (χ3v) is 8.83. The predicted molar refractivity (Wildman–Crippen MR) is 127 cm³/mol. The molecule has 0 bridgehead atoms. The van der Waals surface area contributed by atoms with Crippen LogP contribution in [0, 0.1) is 0 Å². The lowest BCUT2D eigenvalue weighted by atomic mass is 9.88. The van der Waals surface area contributed by atoms with Crippen molar-refractivity contribution in [3.05, 3.63) is 84.2 Å². The molecule has 1 aromatic heterocycles. The molecule has 196 valence electrons. The van der Waals surface area contributed by atoms with Crippen LogP contribution in [0.1, 0.15) is 24.0 Å². The van der Waals surface area contributed by atoms with Crippen LogP contribution >= 0.6 is 0 Å². The van der Waals surface area contributed by atoms with Crippen molar-refractivity contribution >= 4 is 15.7 Å². The van der Waals surface area contributed by atoms with Gasteiger partial charge in [0, 0.05) is 18.4 Å². The Morgan fingerprint density at radius 1 is 1.05 bits per heavy atom. The number of nitrogens with zero attached hydrogens (tertiary/aromatic N) is 1. The Morgan fingerprint density at radius 3 is 2.22 bits per heavy atom. The molecule has 37 heavy (non-hydrogen) atoms. The van der Waals surface area contributed by atoms with E-state index < -0.39 is 32.2 Å². The van der Waals surface area contributed by atoms with Gasteiger partial charge in [-0.25, -0.2) is 13.9 Å². The number of benzene rings is 2. The van der Waals surface area contributed by atoms with Gasteiger partial charge in [0.2, 0.25) is 0 Å². The summed E-state index contributed by atoms with van der Waals surface area (Å²) in [6.07, 6.45) is -0.907. The molecule has 1 amide bonds. The minimum Gasteiger partial charge on any atom is -0.457 e. The summed E-state index contributed by atoms with van der Waals surface area (Å²) in [4.78, 5) is 16.6. The number of aromatic nitrogens is 1. The monoisotopic (exact) mass is 535 g/mol. The summed E-state index contributed by atoms with van der Waals surface area (Å²) in [5.74, 6) is -0.684. The second-order valence-electron chi connectivity index (χ2n) is 8.70. The largest absolute Gasteiger partial charge is 0.457 e. The first-order valence-corrected chi connectivity index (χ1v) is 12.8. The molecule has 1 fully saturated rings. The average molecular weight is 536 g/mol. The van der Waals surface area contributed by atoms with Crippen LogP contribution in [0.2, 0.25) is 0 Å². The molecule has 3 N–H and O–H groups in total. The molecular formula is C25H24F3N3O5S. The minimum absolute atomic E-state index is 0.0572. The quantitative estimate of drug-likeness (QED) is 0.310. The SMILES string of the molecule is O=C(NO)C1(S(=O)(=O)c2ccc(Oc3ccc(C(F)(F)F)cc3)cc2)CCNC(Cc2ccncc2)C1. The van der Waals surface area contributed by atoms with E-state index in [2.05, 4.69) is 10.3 Å². The maximum atomic E-state index is 13.8. The molecule has 12 heteroatoms. The Hall–Kier alpha value is -3.48. The first-order valence-electron chi connectivity index (χ1n) is 11.3. The van der Waals surface area contributed by atoms with Crippen LogP contribution in [-0.2, 0) is 27.2 Å². The van der Waals surface area contributed by atoms with Crippen LogP contribution in [0.25, 0.3) is 0 Å². The van der Waals surface area contributed by atoms with Gasteiger partial charge < -0.3 is 10.1 Å². The van der Waals surface area contributed by atoms with Gasteiger partial charge in [-0.3, -0.25) is 15.0 Å². The Labute approximate surface area is 211 Å². The lowest BCUT2D eigenvalue weighted by Crippen LogP contribution is -2.60. The van der Waals surface area contributed by atoms with Gasteiger partial charge in [-0.1, -0.05) is 0 Å². The van der Waals surface area contributed by atoms with Gasteiger partial charge in [-0.2, -0.15) is 13.2 Å². The van der Waals surface area contributed by atoms with Crippen molar-refractivity contribution in [2.75, 3.05) is 6.54 Å². The molecule has 2 aromatic carbocycles. The number of hydroxylamine groups is 1. The standard InChI is InChI=1S/C25H24F3N3O5S/c26-25(27,28)18-1-3-20(4-2-18)36-21-5-7-22(8-6-21)37(34,35)24(23(32)31-33)11-14-30-19(16-24)15-17-9-12-29-13-10-17/h1-10,12-13,19,30,33H,11,14-16H2,(H,31,32). The van der Waals surface area contributed by atoms with E-state index in [0.717, 1.165) is 29.8 Å². The number of amides is 1. The van der Waals surface area contributed by atoms with Gasteiger partial charge in [0.1, 0.15) is 11.5 Å². The van der Waals surface area contributed by atoms with Crippen LogP contribution in [0.3, 0.4) is 0 Å². The fourth-order valence-corrected chi connectivity index (χ4v) is 6.46. The van der Waals surface area contributed by atoms with E-state index in [1.165, 1.54) is 29.7 Å². The Morgan fingerprint density at radius 2 is 1.65 bits per heavy atom. The highest BCUT2D eigenvalue weighted by Crippen LogP contribution is 2.38. The Balaban J connectivity index is 1.56. The number of alkyl halides is 3. The maximum Gasteiger partial charge on any atom is 0.416 e. The fourth-order valence-electron chi connectivity index (χ4n) is 4.43. The van der Waals surface area contributed by atoms with E-state index in [0.29, 0.717) is 6.42 Å². The molecule has 1 aliphatic heterocycles. The summed E-state index contributed by atoms with van der Waals surface area (Å²) in [5.41, 5.74) is 1.62. The van der Waals surface area contributed by atoms with Crippen molar-refractivity contribution in [2.45, 2.75) is 41.1 Å². The normalized spacial score (nSPS) is 20.3. The number of carbonyl (C=O) groups is 1. The third-order valence-electron chi connectivity index (χ3n) is 6.35. The topological polar surface area (TPSA) is 118 Å². The molecule has 0 spiro atoms. The van der Waals surface area contributed by atoms with E-state index in [9.17, 15) is 31.6 Å². The second kappa shape index (κ2) is 10.5. The zero-order valence-electron chi connectivity index (χ0n) is 19.4. The fraction of sp³-hybridized carbons (Fsp3) is 0.280. The van der Waals surface area contributed by atoms with Crippen molar-refractivity contribution in [3.8, 4) is 11.5 Å². The van der Waals surface area contributed by atoms with E-state index >= 15 is 0 Å². The first kappa shape index (κ1) is 26.6. The van der Waals surface area contributed by atoms with Gasteiger partial charge in [0.25, 0.3) is 5.91 Å². The summed E-state index contributed by atoms with van der Waals surface area (Å²) in [5, 5.41) is 12.7. The first-order chi connectivity index (χ1) is 17.5. The van der Waals surface area contributed by atoms with Crippen LogP contribution in [0.15, 0.2) is 78.0 Å². The zero-order valence-corrected chi connectivity index (χ0v) is 20.2. The molecule has 1 aliphatic rings. The minimum atomic E-state index is -4.47. The molecule has 1 saturated heterocycles. The third kappa shape index (κ3) is 5.60. The zero-order chi connectivity index (χ0) is 26.7. The van der Waals surface area contributed by atoms with Crippen LogP contribution in [-0.4, -0.2) is 41.8 Å². The number of hydrogen-bond acceptors (Lipinski definition) is 7. The van der Waals surface area contributed by atoms with Gasteiger partial charge in [0.15, 0.2) is 14.6 Å². The lowest BCUT2D eigenvalue weighted by Gasteiger charge is -2.39. The van der Waals surface area contributed by atoms with Crippen molar-refractivity contribution in [1.29, 1.82) is 0 Å². The van der Waals surface area contributed by atoms with Crippen molar-refractivity contribution in [3.63, 3.8) is 0 Å². The van der Waals surface area contributed by atoms with Crippen LogP contribution < -0.4 is 15.5 Å². The summed E-state index contributed by atoms with van der Waals surface area (Å²) in [6.45, 7) is 0.234. The number of nitrogens with one attached hydrogen (secondary N) is 2. The van der Waals surface area contributed by atoms with Gasteiger partial charge in [0.05, 0.1) is 10.5 Å². The molecule has 2 atom stereocenters. The molecule has 0 aliphatic carbocycles. The highest BCUT2D eigenvalue weighted by atomic mass is 32.2. The molecule has 4 rings (SSSR count). The summed E-state index contributed by atoms with van der Waals surface area (Å²) in [6, 6.07) is 12.6. The number of piperidine rings is 1.